The molecule has 0 amide bonds. The molecule has 2 rings (SSSR count). The van der Waals surface area contributed by atoms with Crippen molar-refractivity contribution in [1.29, 1.82) is 0 Å². The first-order chi connectivity index (χ1) is 10.7. The molecular formula is C16H22N2O3S. The lowest BCUT2D eigenvalue weighted by Gasteiger charge is -2.12. The zero-order chi connectivity index (χ0) is 15.8. The number of nitrogens with zero attached hydrogens (tertiary/aromatic N) is 2. The van der Waals surface area contributed by atoms with Crippen molar-refractivity contribution in [3.8, 4) is 11.5 Å². The van der Waals surface area contributed by atoms with Crippen LogP contribution in [0.5, 0.6) is 11.5 Å². The van der Waals surface area contributed by atoms with E-state index in [0.717, 1.165) is 23.2 Å². The molecule has 0 aliphatic heterocycles. The van der Waals surface area contributed by atoms with Crippen LogP contribution in [0.25, 0.3) is 0 Å². The Balaban J connectivity index is 1.74. The Morgan fingerprint density at radius 2 is 1.86 bits per heavy atom. The molecule has 1 unspecified atom stereocenters. The highest BCUT2D eigenvalue weighted by molar-refractivity contribution is 7.99. The average molecular weight is 322 g/mol. The summed E-state index contributed by atoms with van der Waals surface area (Å²) in [4.78, 5) is 4.26. The lowest BCUT2D eigenvalue weighted by atomic mass is 10.3. The van der Waals surface area contributed by atoms with Crippen LogP contribution in [0.4, 0.5) is 0 Å². The zero-order valence-corrected chi connectivity index (χ0v) is 13.8. The predicted octanol–water partition coefficient (Wildman–Crippen LogP) is 2.83. The number of thioether (sulfide) groups is 1. The zero-order valence-electron chi connectivity index (χ0n) is 12.9. The lowest BCUT2D eigenvalue weighted by molar-refractivity contribution is 0.126. The topological polar surface area (TPSA) is 56.5 Å². The lowest BCUT2D eigenvalue weighted by Crippen LogP contribution is -2.20. The van der Waals surface area contributed by atoms with Gasteiger partial charge in [-0.05, 0) is 38.1 Å². The van der Waals surface area contributed by atoms with E-state index in [2.05, 4.69) is 11.9 Å². The van der Waals surface area contributed by atoms with Gasteiger partial charge in [0.2, 0.25) is 0 Å². The highest BCUT2D eigenvalue weighted by Crippen LogP contribution is 2.19. The van der Waals surface area contributed by atoms with Crippen molar-refractivity contribution in [2.24, 2.45) is 0 Å². The van der Waals surface area contributed by atoms with Crippen LogP contribution < -0.4 is 9.47 Å². The summed E-state index contributed by atoms with van der Waals surface area (Å²) in [5.74, 6) is 2.09. The maximum absolute atomic E-state index is 10.0. The quantitative estimate of drug-likeness (QED) is 0.720. The van der Waals surface area contributed by atoms with Crippen molar-refractivity contribution in [3.63, 3.8) is 0 Å². The van der Waals surface area contributed by atoms with Crippen LogP contribution in [0.2, 0.25) is 0 Å². The minimum atomic E-state index is -0.543. The first-order valence-corrected chi connectivity index (χ1v) is 8.39. The van der Waals surface area contributed by atoms with Crippen LogP contribution in [-0.2, 0) is 6.54 Å². The van der Waals surface area contributed by atoms with E-state index < -0.39 is 6.10 Å². The maximum Gasteiger partial charge on any atom is 0.168 e. The Hall–Kier alpha value is -1.66. The number of ether oxygens (including phenoxy) is 2. The summed E-state index contributed by atoms with van der Waals surface area (Å²) >= 11 is 1.53. The third-order valence-corrected chi connectivity index (χ3v) is 4.15. The molecule has 0 fully saturated rings. The Morgan fingerprint density at radius 1 is 1.18 bits per heavy atom. The molecule has 1 aromatic heterocycles. The van der Waals surface area contributed by atoms with E-state index in [1.165, 1.54) is 11.8 Å². The van der Waals surface area contributed by atoms with Crippen molar-refractivity contribution in [2.45, 2.75) is 31.7 Å². The molecule has 22 heavy (non-hydrogen) atoms. The van der Waals surface area contributed by atoms with Crippen molar-refractivity contribution >= 4 is 11.8 Å². The number of benzene rings is 1. The number of aliphatic hydroxyl groups excluding tert-OH is 1. The molecule has 1 atom stereocenters. The molecule has 0 spiro atoms. The molecule has 0 aliphatic carbocycles. The molecule has 1 N–H and O–H groups in total. The molecule has 1 heterocycles. The Labute approximate surface area is 135 Å². The van der Waals surface area contributed by atoms with Gasteiger partial charge in [0, 0.05) is 24.7 Å². The number of aryl methyl sites for hydroxylation is 1. The first kappa shape index (κ1) is 16.7. The number of rotatable bonds is 9. The van der Waals surface area contributed by atoms with Gasteiger partial charge in [0.15, 0.2) is 5.16 Å². The summed E-state index contributed by atoms with van der Waals surface area (Å²) in [5, 5.41) is 10.9. The molecule has 120 valence electrons. The molecule has 0 saturated carbocycles. The van der Waals surface area contributed by atoms with E-state index in [-0.39, 0.29) is 6.61 Å². The summed E-state index contributed by atoms with van der Waals surface area (Å²) in [5.41, 5.74) is 0. The van der Waals surface area contributed by atoms with Gasteiger partial charge in [-0.25, -0.2) is 4.98 Å². The van der Waals surface area contributed by atoms with Gasteiger partial charge in [0.05, 0.1) is 12.7 Å². The third-order valence-electron chi connectivity index (χ3n) is 3.00. The second kappa shape index (κ2) is 8.70. The highest BCUT2D eigenvalue weighted by atomic mass is 32.2. The fourth-order valence-electron chi connectivity index (χ4n) is 1.89. The summed E-state index contributed by atoms with van der Waals surface area (Å²) in [6.45, 7) is 5.79. The standard InChI is InChI=1S/C16H22N2O3S/c1-3-18-10-9-17-16(18)22-12-13(19)11-21-15-7-5-14(6-8-15)20-4-2/h5-10,13,19H,3-4,11-12H2,1-2H3. The molecule has 5 nitrogen and oxygen atoms in total. The minimum Gasteiger partial charge on any atom is -0.494 e. The second-order valence-electron chi connectivity index (χ2n) is 4.68. The Morgan fingerprint density at radius 3 is 2.50 bits per heavy atom. The molecule has 0 saturated heterocycles. The molecule has 2 aromatic rings. The van der Waals surface area contributed by atoms with Gasteiger partial charge in [-0.2, -0.15) is 0 Å². The molecule has 0 aliphatic rings. The van der Waals surface area contributed by atoms with E-state index >= 15 is 0 Å². The smallest absolute Gasteiger partial charge is 0.168 e. The van der Waals surface area contributed by atoms with Crippen LogP contribution in [0.1, 0.15) is 13.8 Å². The fraction of sp³-hybridized carbons (Fsp3) is 0.438. The molecule has 0 radical (unpaired) electrons. The molecular weight excluding hydrogens is 300 g/mol. The predicted molar refractivity (Wildman–Crippen MR) is 87.7 cm³/mol. The SMILES string of the molecule is CCOc1ccc(OCC(O)CSc2nccn2CC)cc1. The number of aliphatic hydroxyl groups is 1. The Bertz CT molecular complexity index is 557. The monoisotopic (exact) mass is 322 g/mol. The van der Waals surface area contributed by atoms with Crippen molar-refractivity contribution < 1.29 is 14.6 Å². The summed E-state index contributed by atoms with van der Waals surface area (Å²) < 4.78 is 13.0. The van der Waals surface area contributed by atoms with Crippen LogP contribution >= 0.6 is 11.8 Å². The van der Waals surface area contributed by atoms with E-state index in [1.807, 2.05) is 42.0 Å². The van der Waals surface area contributed by atoms with Gasteiger partial charge in [-0.3, -0.25) is 0 Å². The number of hydrogen-bond donors (Lipinski definition) is 1. The third kappa shape index (κ3) is 4.96. The first-order valence-electron chi connectivity index (χ1n) is 7.40. The molecule has 6 heteroatoms. The van der Waals surface area contributed by atoms with Crippen LogP contribution in [0, 0.1) is 0 Å². The van der Waals surface area contributed by atoms with Crippen LogP contribution in [0.3, 0.4) is 0 Å². The van der Waals surface area contributed by atoms with Gasteiger partial charge >= 0.3 is 0 Å². The van der Waals surface area contributed by atoms with Crippen molar-refractivity contribution in [2.75, 3.05) is 19.0 Å². The summed E-state index contributed by atoms with van der Waals surface area (Å²) in [7, 11) is 0. The van der Waals surface area contributed by atoms with Crippen LogP contribution in [0.15, 0.2) is 41.8 Å². The van der Waals surface area contributed by atoms with E-state index in [9.17, 15) is 5.11 Å². The van der Waals surface area contributed by atoms with Crippen LogP contribution in [-0.4, -0.2) is 39.7 Å². The van der Waals surface area contributed by atoms with Gasteiger partial charge in [-0.15, -0.1) is 0 Å². The molecule has 1 aromatic carbocycles. The number of imidazole rings is 1. The second-order valence-corrected chi connectivity index (χ2v) is 5.66. The molecule has 0 bridgehead atoms. The van der Waals surface area contributed by atoms with Crippen molar-refractivity contribution in [3.05, 3.63) is 36.7 Å². The number of hydrogen-bond acceptors (Lipinski definition) is 5. The minimum absolute atomic E-state index is 0.258. The fourth-order valence-corrected chi connectivity index (χ4v) is 2.82. The maximum atomic E-state index is 10.0. The summed E-state index contributed by atoms with van der Waals surface area (Å²) in [6, 6.07) is 7.40. The Kier molecular flexibility index (Phi) is 6.61. The average Bonchev–Trinajstić information content (AvgIpc) is 3.00. The normalized spacial score (nSPS) is 12.1. The largest absolute Gasteiger partial charge is 0.494 e. The van der Waals surface area contributed by atoms with Gasteiger partial charge in [-0.1, -0.05) is 11.8 Å². The van der Waals surface area contributed by atoms with E-state index in [1.54, 1.807) is 6.20 Å². The number of aromatic nitrogens is 2. The van der Waals surface area contributed by atoms with Gasteiger partial charge in [0.25, 0.3) is 0 Å². The van der Waals surface area contributed by atoms with Gasteiger partial charge < -0.3 is 19.1 Å². The highest BCUT2D eigenvalue weighted by Gasteiger charge is 2.09. The van der Waals surface area contributed by atoms with E-state index in [0.29, 0.717) is 12.4 Å². The summed E-state index contributed by atoms with van der Waals surface area (Å²) in [6.07, 6.45) is 3.17. The van der Waals surface area contributed by atoms with E-state index in [4.69, 9.17) is 9.47 Å². The van der Waals surface area contributed by atoms with Gasteiger partial charge in [0.1, 0.15) is 18.1 Å². The van der Waals surface area contributed by atoms with Crippen molar-refractivity contribution in [1.82, 2.24) is 9.55 Å².